The van der Waals surface area contributed by atoms with Gasteiger partial charge in [-0.1, -0.05) is 39.0 Å². The number of carbonyl (C=O) groups is 2. The fourth-order valence-electron chi connectivity index (χ4n) is 1.15. The lowest BCUT2D eigenvalue weighted by Gasteiger charge is -2.03. The summed E-state index contributed by atoms with van der Waals surface area (Å²) in [5.74, 6) is 0. The molecule has 0 saturated carbocycles. The third kappa shape index (κ3) is 12.5. The van der Waals surface area contributed by atoms with Crippen molar-refractivity contribution in [1.29, 1.82) is 0 Å². The quantitative estimate of drug-likeness (QED) is 0.279. The Morgan fingerprint density at radius 2 is 1.56 bits per heavy atom. The van der Waals surface area contributed by atoms with Crippen LogP contribution in [0.15, 0.2) is 0 Å². The Hall–Kier alpha value is -1.54. The number of hydrogen-bond acceptors (Lipinski definition) is 7. The second-order valence-corrected chi connectivity index (χ2v) is 3.43. The number of hydrogen-bond donors (Lipinski definition) is 1. The van der Waals surface area contributed by atoms with Crippen LogP contribution in [0.25, 0.3) is 0 Å². The van der Waals surface area contributed by atoms with Gasteiger partial charge in [0.2, 0.25) is 0 Å². The first-order chi connectivity index (χ1) is 8.66. The van der Waals surface area contributed by atoms with Crippen LogP contribution in [0.2, 0.25) is 0 Å². The molecule has 0 saturated heterocycles. The van der Waals surface area contributed by atoms with Crippen LogP contribution >= 0.6 is 0 Å². The van der Waals surface area contributed by atoms with Crippen molar-refractivity contribution in [1.82, 2.24) is 0 Å². The van der Waals surface area contributed by atoms with Crippen LogP contribution in [0, 0.1) is 0 Å². The summed E-state index contributed by atoms with van der Waals surface area (Å²) < 4.78 is 4.59. The summed E-state index contributed by atoms with van der Waals surface area (Å²) in [6.45, 7) is 2.34. The van der Waals surface area contributed by atoms with E-state index in [9.17, 15) is 9.59 Å². The Morgan fingerprint density at radius 1 is 0.944 bits per heavy atom. The van der Waals surface area contributed by atoms with Gasteiger partial charge in [-0.3, -0.25) is 0 Å². The number of unbranched alkanes of at least 4 members (excludes halogenated alkanes) is 5. The minimum atomic E-state index is -1.74. The number of carboxylic acid groups (broad SMARTS) is 1. The monoisotopic (exact) mass is 266 g/mol. The van der Waals surface area contributed by atoms with E-state index in [0.29, 0.717) is 0 Å². The van der Waals surface area contributed by atoms with Crippen molar-refractivity contribution < 1.29 is 39.3 Å². The van der Waals surface area contributed by atoms with Crippen molar-refractivity contribution in [3.8, 4) is 0 Å². The van der Waals surface area contributed by atoms with E-state index >= 15 is 0 Å². The highest BCUT2D eigenvalue weighted by Gasteiger charge is 2.07. The molecule has 0 heterocycles. The van der Waals surface area contributed by atoms with Crippen LogP contribution < -0.4 is 0 Å². The molecule has 0 unspecified atom stereocenters. The van der Waals surface area contributed by atoms with E-state index in [2.05, 4.69) is 31.5 Å². The maximum atomic E-state index is 10.8. The molecule has 0 aromatic rings. The Labute approximate surface area is 104 Å². The second-order valence-electron chi connectivity index (χ2n) is 3.43. The molecule has 0 bridgehead atoms. The zero-order chi connectivity index (χ0) is 13.6. The van der Waals surface area contributed by atoms with E-state index in [1.54, 1.807) is 0 Å². The van der Waals surface area contributed by atoms with Crippen molar-refractivity contribution in [2.75, 3.05) is 6.61 Å². The van der Waals surface area contributed by atoms with Crippen molar-refractivity contribution in [2.45, 2.75) is 45.4 Å². The van der Waals surface area contributed by atoms with E-state index in [0.717, 1.165) is 19.3 Å². The predicted octanol–water partition coefficient (Wildman–Crippen LogP) is 2.97. The second kappa shape index (κ2) is 11.9. The van der Waals surface area contributed by atoms with Gasteiger partial charge >= 0.3 is 12.3 Å². The van der Waals surface area contributed by atoms with Gasteiger partial charge in [0.25, 0.3) is 0 Å². The molecule has 0 fully saturated rings. The highest BCUT2D eigenvalue weighted by Crippen LogP contribution is 2.05. The Bertz CT molecular complexity index is 230. The predicted molar refractivity (Wildman–Crippen MR) is 57.1 cm³/mol. The van der Waals surface area contributed by atoms with Crippen LogP contribution in [-0.4, -0.2) is 24.0 Å². The summed E-state index contributed by atoms with van der Waals surface area (Å²) in [7, 11) is 0. The molecule has 18 heavy (non-hydrogen) atoms. The Morgan fingerprint density at radius 3 is 2.22 bits per heavy atom. The van der Waals surface area contributed by atoms with Crippen molar-refractivity contribution in [3.05, 3.63) is 0 Å². The molecule has 0 spiro atoms. The van der Waals surface area contributed by atoms with Gasteiger partial charge in [0.1, 0.15) is 0 Å². The Kier molecular flexibility index (Phi) is 10.9. The smallest absolute Gasteiger partial charge is 0.448 e. The Balaban J connectivity index is 3.19. The van der Waals surface area contributed by atoms with E-state index < -0.39 is 12.3 Å². The molecule has 106 valence electrons. The molecule has 0 aliphatic carbocycles. The maximum Gasteiger partial charge on any atom is 0.542 e. The third-order valence-corrected chi connectivity index (χ3v) is 1.95. The molecule has 0 aromatic heterocycles. The lowest BCUT2D eigenvalue weighted by Crippen LogP contribution is -2.11. The standard InChI is InChI=1S/C10H18O8/c1-2-3-4-5-6-7-8-14-10(13)16-18-17-15-9(11)12/h2-8H2,1H3,(H,11,12). The fourth-order valence-corrected chi connectivity index (χ4v) is 1.15. The molecule has 0 aliphatic heterocycles. The largest absolute Gasteiger partial charge is 0.542 e. The summed E-state index contributed by atoms with van der Waals surface area (Å²) >= 11 is 0. The minimum absolute atomic E-state index is 0.202. The topological polar surface area (TPSA) is 101 Å². The molecule has 0 atom stereocenters. The van der Waals surface area contributed by atoms with Gasteiger partial charge in [0.05, 0.1) is 6.61 Å². The minimum Gasteiger partial charge on any atom is -0.448 e. The first-order valence-electron chi connectivity index (χ1n) is 5.74. The number of ether oxygens (including phenoxy) is 1. The molecule has 0 aromatic carbocycles. The molecule has 1 N–H and O–H groups in total. The van der Waals surface area contributed by atoms with Crippen molar-refractivity contribution in [2.24, 2.45) is 0 Å². The van der Waals surface area contributed by atoms with E-state index in [1.165, 1.54) is 19.3 Å². The molecule has 8 heteroatoms. The molecular formula is C10H18O8. The molecule has 8 nitrogen and oxygen atoms in total. The van der Waals surface area contributed by atoms with E-state index in [-0.39, 0.29) is 6.61 Å². The van der Waals surface area contributed by atoms with Gasteiger partial charge in [-0.05, 0) is 6.42 Å². The summed E-state index contributed by atoms with van der Waals surface area (Å²) in [6.07, 6.45) is 3.48. The lowest BCUT2D eigenvalue weighted by molar-refractivity contribution is -0.600. The average Bonchev–Trinajstić information content (AvgIpc) is 2.33. The lowest BCUT2D eigenvalue weighted by atomic mass is 10.1. The average molecular weight is 266 g/mol. The first kappa shape index (κ1) is 16.5. The van der Waals surface area contributed by atoms with Crippen LogP contribution in [-0.2, 0) is 24.6 Å². The number of carbonyl (C=O) groups excluding carboxylic acids is 1. The van der Waals surface area contributed by atoms with Crippen molar-refractivity contribution in [3.63, 3.8) is 0 Å². The van der Waals surface area contributed by atoms with Gasteiger partial charge < -0.3 is 9.84 Å². The van der Waals surface area contributed by atoms with Gasteiger partial charge in [-0.2, -0.15) is 0 Å². The summed E-state index contributed by atoms with van der Waals surface area (Å²) in [6, 6.07) is 0. The van der Waals surface area contributed by atoms with E-state index in [1.807, 2.05) is 0 Å². The highest BCUT2D eigenvalue weighted by molar-refractivity contribution is 5.58. The van der Waals surface area contributed by atoms with Gasteiger partial charge in [0, 0.05) is 10.1 Å². The fraction of sp³-hybridized carbons (Fsp3) is 0.800. The van der Waals surface area contributed by atoms with E-state index in [4.69, 9.17) is 5.11 Å². The summed E-state index contributed by atoms with van der Waals surface area (Å²) in [4.78, 5) is 27.8. The highest BCUT2D eigenvalue weighted by atomic mass is 17.7. The zero-order valence-corrected chi connectivity index (χ0v) is 10.3. The zero-order valence-electron chi connectivity index (χ0n) is 10.3. The van der Waals surface area contributed by atoms with Crippen LogP contribution in [0.1, 0.15) is 45.4 Å². The molecule has 0 aliphatic rings. The molecule has 0 rings (SSSR count). The third-order valence-electron chi connectivity index (χ3n) is 1.95. The van der Waals surface area contributed by atoms with Crippen LogP contribution in [0.3, 0.4) is 0 Å². The normalized spacial score (nSPS) is 9.83. The molecule has 0 amide bonds. The SMILES string of the molecule is CCCCCCCCOC(=O)OOOOC(=O)O. The maximum absolute atomic E-state index is 10.8. The van der Waals surface area contributed by atoms with Crippen LogP contribution in [0.4, 0.5) is 9.59 Å². The summed E-state index contributed by atoms with van der Waals surface area (Å²) in [5.41, 5.74) is 0. The van der Waals surface area contributed by atoms with Gasteiger partial charge in [0.15, 0.2) is 0 Å². The molecular weight excluding hydrogens is 248 g/mol. The summed E-state index contributed by atoms with van der Waals surface area (Å²) in [5, 5.41) is 15.1. The first-order valence-corrected chi connectivity index (χ1v) is 5.74. The van der Waals surface area contributed by atoms with Gasteiger partial charge in [-0.15, -0.1) is 0 Å². The number of rotatable bonds is 10. The van der Waals surface area contributed by atoms with Crippen molar-refractivity contribution >= 4 is 12.3 Å². The molecule has 0 radical (unpaired) electrons. The van der Waals surface area contributed by atoms with Gasteiger partial charge in [-0.25, -0.2) is 19.4 Å². The van der Waals surface area contributed by atoms with Crippen LogP contribution in [0.5, 0.6) is 0 Å².